The molecule has 2 nitrogen and oxygen atoms in total. The lowest BCUT2D eigenvalue weighted by atomic mass is 10.4. The maximum absolute atomic E-state index is 2.33. The van der Waals surface area contributed by atoms with E-state index in [0.29, 0.717) is 0 Å². The molecular formula is C10H19N2S+. The SMILES string of the molecule is CCSc1n(C)c(CC)c[n+]1CC. The van der Waals surface area contributed by atoms with Gasteiger partial charge in [0.25, 0.3) is 0 Å². The van der Waals surface area contributed by atoms with Gasteiger partial charge in [0.05, 0.1) is 13.6 Å². The first-order chi connectivity index (χ1) is 6.24. The Hall–Kier alpha value is -0.440. The Labute approximate surface area is 85.0 Å². The van der Waals surface area contributed by atoms with Crippen molar-refractivity contribution in [3.8, 4) is 0 Å². The zero-order valence-electron chi connectivity index (χ0n) is 9.00. The smallest absolute Gasteiger partial charge is 0.225 e. The Balaban J connectivity index is 3.05. The van der Waals surface area contributed by atoms with Crippen molar-refractivity contribution < 1.29 is 4.57 Å². The Morgan fingerprint density at radius 1 is 1.38 bits per heavy atom. The van der Waals surface area contributed by atoms with E-state index in [1.165, 1.54) is 10.9 Å². The summed E-state index contributed by atoms with van der Waals surface area (Å²) in [7, 11) is 2.16. The molecule has 13 heavy (non-hydrogen) atoms. The summed E-state index contributed by atoms with van der Waals surface area (Å²) in [6, 6.07) is 0. The number of hydrogen-bond acceptors (Lipinski definition) is 1. The van der Waals surface area contributed by atoms with Crippen molar-refractivity contribution in [3.63, 3.8) is 0 Å². The lowest BCUT2D eigenvalue weighted by Gasteiger charge is -1.97. The highest BCUT2D eigenvalue weighted by molar-refractivity contribution is 7.99. The molecule has 1 aromatic heterocycles. The second-order valence-electron chi connectivity index (χ2n) is 3.03. The Morgan fingerprint density at radius 2 is 2.08 bits per heavy atom. The van der Waals surface area contributed by atoms with Crippen molar-refractivity contribution >= 4 is 11.8 Å². The summed E-state index contributed by atoms with van der Waals surface area (Å²) in [4.78, 5) is 0. The van der Waals surface area contributed by atoms with Gasteiger partial charge in [-0.2, -0.15) is 0 Å². The first-order valence-corrected chi connectivity index (χ1v) is 5.93. The van der Waals surface area contributed by atoms with Gasteiger partial charge in [0, 0.05) is 12.2 Å². The molecular weight excluding hydrogens is 180 g/mol. The fourth-order valence-corrected chi connectivity index (χ4v) is 2.42. The van der Waals surface area contributed by atoms with Gasteiger partial charge in [0.1, 0.15) is 11.9 Å². The number of rotatable bonds is 4. The monoisotopic (exact) mass is 199 g/mol. The molecule has 0 saturated heterocycles. The third-order valence-electron chi connectivity index (χ3n) is 2.24. The van der Waals surface area contributed by atoms with Crippen LogP contribution in [0.25, 0.3) is 0 Å². The topological polar surface area (TPSA) is 8.81 Å². The molecule has 3 heteroatoms. The fourth-order valence-electron chi connectivity index (χ4n) is 1.50. The van der Waals surface area contributed by atoms with Crippen LogP contribution < -0.4 is 4.57 Å². The molecule has 0 unspecified atom stereocenters. The third kappa shape index (κ3) is 2.08. The van der Waals surface area contributed by atoms with E-state index in [1.807, 2.05) is 11.8 Å². The van der Waals surface area contributed by atoms with Crippen LogP contribution in [0.1, 0.15) is 26.5 Å². The zero-order chi connectivity index (χ0) is 9.84. The van der Waals surface area contributed by atoms with Gasteiger partial charge < -0.3 is 0 Å². The number of hydrogen-bond donors (Lipinski definition) is 0. The van der Waals surface area contributed by atoms with Crippen molar-refractivity contribution in [2.75, 3.05) is 5.75 Å². The Kier molecular flexibility index (Phi) is 3.85. The van der Waals surface area contributed by atoms with Crippen LogP contribution in [0.4, 0.5) is 0 Å². The van der Waals surface area contributed by atoms with Crippen molar-refractivity contribution in [3.05, 3.63) is 11.9 Å². The summed E-state index contributed by atoms with van der Waals surface area (Å²) >= 11 is 1.92. The predicted molar refractivity (Wildman–Crippen MR) is 57.1 cm³/mol. The van der Waals surface area contributed by atoms with E-state index in [-0.39, 0.29) is 0 Å². The van der Waals surface area contributed by atoms with Gasteiger partial charge in [-0.3, -0.25) is 0 Å². The molecule has 0 bridgehead atoms. The molecule has 0 aliphatic carbocycles. The maximum Gasteiger partial charge on any atom is 0.317 e. The molecule has 0 spiro atoms. The van der Waals surface area contributed by atoms with Gasteiger partial charge in [-0.25, -0.2) is 9.13 Å². The predicted octanol–water partition coefficient (Wildman–Crippen LogP) is 2.01. The van der Waals surface area contributed by atoms with E-state index in [1.54, 1.807) is 0 Å². The highest BCUT2D eigenvalue weighted by atomic mass is 32.2. The van der Waals surface area contributed by atoms with Crippen LogP contribution in [0.2, 0.25) is 0 Å². The van der Waals surface area contributed by atoms with Crippen LogP contribution >= 0.6 is 11.8 Å². The molecule has 0 saturated carbocycles. The molecule has 0 aliphatic rings. The minimum absolute atomic E-state index is 1.07. The van der Waals surface area contributed by atoms with E-state index in [9.17, 15) is 0 Å². The van der Waals surface area contributed by atoms with Crippen LogP contribution in [0.5, 0.6) is 0 Å². The highest BCUT2D eigenvalue weighted by Gasteiger charge is 2.17. The number of aromatic nitrogens is 2. The van der Waals surface area contributed by atoms with E-state index in [0.717, 1.165) is 18.7 Å². The largest absolute Gasteiger partial charge is 0.317 e. The van der Waals surface area contributed by atoms with Gasteiger partial charge in [0.2, 0.25) is 0 Å². The van der Waals surface area contributed by atoms with E-state index >= 15 is 0 Å². The van der Waals surface area contributed by atoms with Crippen LogP contribution in [-0.4, -0.2) is 10.3 Å². The summed E-state index contributed by atoms with van der Waals surface area (Å²) in [5.41, 5.74) is 1.41. The number of imidazole rings is 1. The minimum atomic E-state index is 1.07. The summed E-state index contributed by atoms with van der Waals surface area (Å²) in [6.07, 6.45) is 3.37. The molecule has 0 amide bonds. The first kappa shape index (κ1) is 10.6. The molecule has 0 atom stereocenters. The number of aryl methyl sites for hydroxylation is 2. The molecule has 1 aromatic rings. The Morgan fingerprint density at radius 3 is 2.54 bits per heavy atom. The zero-order valence-corrected chi connectivity index (χ0v) is 9.82. The second-order valence-corrected chi connectivity index (χ2v) is 4.27. The van der Waals surface area contributed by atoms with Gasteiger partial charge in [-0.15, -0.1) is 0 Å². The summed E-state index contributed by atoms with van der Waals surface area (Å²) in [5, 5.41) is 1.38. The number of nitrogens with zero attached hydrogens (tertiary/aromatic N) is 2. The van der Waals surface area contributed by atoms with Gasteiger partial charge in [-0.1, -0.05) is 13.8 Å². The van der Waals surface area contributed by atoms with Crippen molar-refractivity contribution in [1.29, 1.82) is 0 Å². The molecule has 0 radical (unpaired) electrons. The summed E-state index contributed by atoms with van der Waals surface area (Å²) in [6.45, 7) is 7.66. The average molecular weight is 199 g/mol. The molecule has 1 heterocycles. The summed E-state index contributed by atoms with van der Waals surface area (Å²) < 4.78 is 4.63. The van der Waals surface area contributed by atoms with E-state index in [2.05, 4.69) is 43.1 Å². The minimum Gasteiger partial charge on any atom is -0.225 e. The molecule has 1 rings (SSSR count). The third-order valence-corrected chi connectivity index (χ3v) is 3.30. The molecule has 0 aromatic carbocycles. The highest BCUT2D eigenvalue weighted by Crippen LogP contribution is 2.15. The lowest BCUT2D eigenvalue weighted by molar-refractivity contribution is -0.730. The second kappa shape index (κ2) is 4.70. The average Bonchev–Trinajstić information content (AvgIpc) is 2.45. The quantitative estimate of drug-likeness (QED) is 0.532. The standard InChI is InChI=1S/C10H19N2S/c1-5-9-8-12(6-2)10(11(9)4)13-7-3/h8H,5-7H2,1-4H3/q+1. The molecule has 74 valence electrons. The molecule has 0 aliphatic heterocycles. The maximum atomic E-state index is 2.33. The lowest BCUT2D eigenvalue weighted by Crippen LogP contribution is -2.32. The Bertz CT molecular complexity index is 279. The van der Waals surface area contributed by atoms with Crippen LogP contribution in [0.15, 0.2) is 11.4 Å². The van der Waals surface area contributed by atoms with Gasteiger partial charge in [-0.05, 0) is 18.7 Å². The summed E-state index contributed by atoms with van der Waals surface area (Å²) in [5.74, 6) is 1.14. The normalized spacial score (nSPS) is 10.8. The fraction of sp³-hybridized carbons (Fsp3) is 0.700. The van der Waals surface area contributed by atoms with Crippen LogP contribution in [0.3, 0.4) is 0 Å². The van der Waals surface area contributed by atoms with Crippen molar-refractivity contribution in [2.45, 2.75) is 38.9 Å². The molecule has 0 N–H and O–H groups in total. The van der Waals surface area contributed by atoms with Gasteiger partial charge in [0.15, 0.2) is 0 Å². The van der Waals surface area contributed by atoms with E-state index < -0.39 is 0 Å². The van der Waals surface area contributed by atoms with Gasteiger partial charge >= 0.3 is 5.16 Å². The molecule has 0 fully saturated rings. The van der Waals surface area contributed by atoms with Crippen molar-refractivity contribution in [1.82, 2.24) is 4.57 Å². The van der Waals surface area contributed by atoms with Crippen molar-refractivity contribution in [2.24, 2.45) is 7.05 Å². The number of thioether (sulfide) groups is 1. The van der Waals surface area contributed by atoms with Crippen LogP contribution in [0, 0.1) is 0 Å². The van der Waals surface area contributed by atoms with E-state index in [4.69, 9.17) is 0 Å². The van der Waals surface area contributed by atoms with Crippen LogP contribution in [-0.2, 0) is 20.0 Å². The first-order valence-electron chi connectivity index (χ1n) is 4.95.